The van der Waals surface area contributed by atoms with Crippen molar-refractivity contribution in [2.75, 3.05) is 31.2 Å². The Morgan fingerprint density at radius 3 is 2.40 bits per heavy atom. The van der Waals surface area contributed by atoms with Gasteiger partial charge in [-0.25, -0.2) is 4.68 Å². The third-order valence-corrected chi connectivity index (χ3v) is 3.24. The minimum absolute atomic E-state index is 0.155. The summed E-state index contributed by atoms with van der Waals surface area (Å²) >= 11 is 0. The van der Waals surface area contributed by atoms with E-state index in [0.717, 1.165) is 37.7 Å². The zero-order valence-electron chi connectivity index (χ0n) is 10.9. The number of aromatic nitrogens is 3. The highest BCUT2D eigenvalue weighted by molar-refractivity contribution is 5.90. The van der Waals surface area contributed by atoms with Crippen molar-refractivity contribution in [1.29, 1.82) is 0 Å². The highest BCUT2D eigenvalue weighted by Gasteiger charge is 2.12. The molecule has 2 aromatic rings. The Morgan fingerprint density at radius 2 is 1.80 bits per heavy atom. The van der Waals surface area contributed by atoms with E-state index < -0.39 is 5.91 Å². The van der Waals surface area contributed by atoms with E-state index in [1.807, 2.05) is 24.3 Å². The van der Waals surface area contributed by atoms with Crippen LogP contribution in [0.25, 0.3) is 5.69 Å². The van der Waals surface area contributed by atoms with Gasteiger partial charge in [-0.3, -0.25) is 4.79 Å². The number of amides is 1. The molecule has 0 bridgehead atoms. The fourth-order valence-electron chi connectivity index (χ4n) is 2.14. The first-order valence-corrected chi connectivity index (χ1v) is 6.39. The van der Waals surface area contributed by atoms with Crippen LogP contribution in [0.3, 0.4) is 0 Å². The number of nitrogens with zero attached hydrogens (tertiary/aromatic N) is 4. The van der Waals surface area contributed by atoms with E-state index in [2.05, 4.69) is 15.2 Å². The molecule has 1 aromatic carbocycles. The summed E-state index contributed by atoms with van der Waals surface area (Å²) in [7, 11) is 0. The van der Waals surface area contributed by atoms with Crippen molar-refractivity contribution in [2.45, 2.75) is 0 Å². The Balaban J connectivity index is 1.79. The fourth-order valence-corrected chi connectivity index (χ4v) is 2.14. The summed E-state index contributed by atoms with van der Waals surface area (Å²) in [6, 6.07) is 7.91. The molecular weight excluding hydrogens is 258 g/mol. The average molecular weight is 273 g/mol. The summed E-state index contributed by atoms with van der Waals surface area (Å²) in [5.41, 5.74) is 7.29. The quantitative estimate of drug-likeness (QED) is 0.863. The highest BCUT2D eigenvalue weighted by atomic mass is 16.5. The largest absolute Gasteiger partial charge is 0.378 e. The number of morpholine rings is 1. The van der Waals surface area contributed by atoms with Gasteiger partial charge in [0.1, 0.15) is 0 Å². The van der Waals surface area contributed by atoms with Gasteiger partial charge < -0.3 is 15.4 Å². The molecule has 1 aliphatic rings. The molecular formula is C13H15N5O2. The SMILES string of the molecule is NC(=O)c1cn(-c2ccc(N3CCOCC3)cc2)nn1. The minimum atomic E-state index is -0.582. The zero-order chi connectivity index (χ0) is 13.9. The van der Waals surface area contributed by atoms with Gasteiger partial charge in [0.2, 0.25) is 0 Å². The molecule has 104 valence electrons. The second-order valence-electron chi connectivity index (χ2n) is 4.53. The summed E-state index contributed by atoms with van der Waals surface area (Å²) in [5, 5.41) is 7.60. The number of hydrogen-bond donors (Lipinski definition) is 1. The molecule has 1 amide bonds. The van der Waals surface area contributed by atoms with Crippen LogP contribution in [-0.2, 0) is 4.74 Å². The number of hydrogen-bond acceptors (Lipinski definition) is 5. The number of anilines is 1. The molecule has 0 spiro atoms. The number of carbonyl (C=O) groups is 1. The second kappa shape index (κ2) is 5.30. The molecule has 0 radical (unpaired) electrons. The number of rotatable bonds is 3. The van der Waals surface area contributed by atoms with Crippen LogP contribution in [0.1, 0.15) is 10.5 Å². The van der Waals surface area contributed by atoms with Crippen molar-refractivity contribution >= 4 is 11.6 Å². The van der Waals surface area contributed by atoms with E-state index in [4.69, 9.17) is 10.5 Å². The first-order valence-electron chi connectivity index (χ1n) is 6.39. The van der Waals surface area contributed by atoms with Crippen LogP contribution < -0.4 is 10.6 Å². The van der Waals surface area contributed by atoms with E-state index in [9.17, 15) is 4.79 Å². The van der Waals surface area contributed by atoms with E-state index in [1.165, 1.54) is 10.9 Å². The molecule has 1 aromatic heterocycles. The Hall–Kier alpha value is -2.41. The third kappa shape index (κ3) is 2.48. The summed E-state index contributed by atoms with van der Waals surface area (Å²) in [5.74, 6) is -0.582. The predicted octanol–water partition coefficient (Wildman–Crippen LogP) is 0.203. The molecule has 2 heterocycles. The summed E-state index contributed by atoms with van der Waals surface area (Å²) < 4.78 is 6.86. The van der Waals surface area contributed by atoms with E-state index >= 15 is 0 Å². The molecule has 7 heteroatoms. The highest BCUT2D eigenvalue weighted by Crippen LogP contribution is 2.18. The molecule has 7 nitrogen and oxygen atoms in total. The Bertz CT molecular complexity index is 601. The number of benzene rings is 1. The van der Waals surface area contributed by atoms with Crippen LogP contribution in [0.5, 0.6) is 0 Å². The van der Waals surface area contributed by atoms with Gasteiger partial charge in [-0.2, -0.15) is 0 Å². The van der Waals surface area contributed by atoms with Crippen molar-refractivity contribution in [3.63, 3.8) is 0 Å². The van der Waals surface area contributed by atoms with Gasteiger partial charge in [0.25, 0.3) is 5.91 Å². The third-order valence-electron chi connectivity index (χ3n) is 3.24. The second-order valence-corrected chi connectivity index (χ2v) is 4.53. The minimum Gasteiger partial charge on any atom is -0.378 e. The Labute approximate surface area is 115 Å². The van der Waals surface area contributed by atoms with Gasteiger partial charge in [0.15, 0.2) is 5.69 Å². The Morgan fingerprint density at radius 1 is 1.15 bits per heavy atom. The number of nitrogens with two attached hydrogens (primary N) is 1. The number of ether oxygens (including phenoxy) is 1. The molecule has 0 unspecified atom stereocenters. The van der Waals surface area contributed by atoms with Gasteiger partial charge in [0, 0.05) is 18.8 Å². The molecule has 20 heavy (non-hydrogen) atoms. The normalized spacial score (nSPS) is 15.3. The van der Waals surface area contributed by atoms with Gasteiger partial charge in [-0.15, -0.1) is 5.10 Å². The maximum atomic E-state index is 11.0. The van der Waals surface area contributed by atoms with E-state index in [-0.39, 0.29) is 5.69 Å². The molecule has 3 rings (SSSR count). The van der Waals surface area contributed by atoms with Gasteiger partial charge >= 0.3 is 0 Å². The lowest BCUT2D eigenvalue weighted by atomic mass is 10.2. The predicted molar refractivity (Wildman–Crippen MR) is 72.9 cm³/mol. The topological polar surface area (TPSA) is 86.3 Å². The van der Waals surface area contributed by atoms with Gasteiger partial charge in [-0.1, -0.05) is 5.21 Å². The van der Waals surface area contributed by atoms with Crippen molar-refractivity contribution in [2.24, 2.45) is 5.73 Å². The molecule has 2 N–H and O–H groups in total. The lowest BCUT2D eigenvalue weighted by Gasteiger charge is -2.28. The van der Waals surface area contributed by atoms with E-state index in [1.54, 1.807) is 0 Å². The van der Waals surface area contributed by atoms with Gasteiger partial charge in [-0.05, 0) is 24.3 Å². The van der Waals surface area contributed by atoms with Crippen LogP contribution in [0.15, 0.2) is 30.5 Å². The smallest absolute Gasteiger partial charge is 0.270 e. The maximum Gasteiger partial charge on any atom is 0.270 e. The molecule has 1 fully saturated rings. The number of primary amides is 1. The van der Waals surface area contributed by atoms with Crippen LogP contribution in [0.2, 0.25) is 0 Å². The molecule has 0 saturated carbocycles. The average Bonchev–Trinajstić information content (AvgIpc) is 2.98. The summed E-state index contributed by atoms with van der Waals surface area (Å²) in [4.78, 5) is 13.3. The zero-order valence-corrected chi connectivity index (χ0v) is 10.9. The molecule has 1 saturated heterocycles. The Kier molecular flexibility index (Phi) is 3.34. The molecule has 0 aliphatic carbocycles. The maximum absolute atomic E-state index is 11.0. The summed E-state index contributed by atoms with van der Waals surface area (Å²) in [6.45, 7) is 3.31. The van der Waals surface area contributed by atoms with Crippen molar-refractivity contribution < 1.29 is 9.53 Å². The lowest BCUT2D eigenvalue weighted by molar-refractivity contribution is 0.0995. The van der Waals surface area contributed by atoms with Crippen LogP contribution in [-0.4, -0.2) is 47.2 Å². The van der Waals surface area contributed by atoms with Crippen molar-refractivity contribution in [1.82, 2.24) is 15.0 Å². The van der Waals surface area contributed by atoms with Crippen LogP contribution in [0, 0.1) is 0 Å². The van der Waals surface area contributed by atoms with Crippen molar-refractivity contribution in [3.05, 3.63) is 36.2 Å². The molecule has 0 atom stereocenters. The summed E-state index contributed by atoms with van der Waals surface area (Å²) in [6.07, 6.45) is 1.52. The number of carbonyl (C=O) groups excluding carboxylic acids is 1. The monoisotopic (exact) mass is 273 g/mol. The van der Waals surface area contributed by atoms with Crippen LogP contribution >= 0.6 is 0 Å². The van der Waals surface area contributed by atoms with Gasteiger partial charge in [0.05, 0.1) is 25.1 Å². The first kappa shape index (κ1) is 12.6. The molecule has 1 aliphatic heterocycles. The van der Waals surface area contributed by atoms with E-state index in [0.29, 0.717) is 0 Å². The van der Waals surface area contributed by atoms with Crippen LogP contribution in [0.4, 0.5) is 5.69 Å². The van der Waals surface area contributed by atoms with Crippen molar-refractivity contribution in [3.8, 4) is 5.69 Å². The lowest BCUT2D eigenvalue weighted by Crippen LogP contribution is -2.36. The first-order chi connectivity index (χ1) is 9.74. The fraction of sp³-hybridized carbons (Fsp3) is 0.308. The standard InChI is InChI=1S/C13H15N5O2/c14-13(19)12-9-18(16-15-12)11-3-1-10(2-4-11)17-5-7-20-8-6-17/h1-4,9H,5-8H2,(H2,14,19).